The van der Waals surface area contributed by atoms with Gasteiger partial charge in [-0.15, -0.1) is 0 Å². The molecule has 0 atom stereocenters. The second-order valence-electron chi connectivity index (χ2n) is 5.92. The third-order valence-electron chi connectivity index (χ3n) is 3.79. The minimum absolute atomic E-state index is 0.0795. The van der Waals surface area contributed by atoms with Gasteiger partial charge >= 0.3 is 0 Å². The maximum absolute atomic E-state index is 9.92. The Bertz CT molecular complexity index is 341. The molecule has 0 saturated carbocycles. The van der Waals surface area contributed by atoms with Gasteiger partial charge in [-0.1, -0.05) is 77.5 Å². The van der Waals surface area contributed by atoms with Crippen LogP contribution in [0, 0.1) is 0 Å². The van der Waals surface area contributed by atoms with E-state index in [0.29, 0.717) is 5.75 Å². The van der Waals surface area contributed by atoms with Crippen LogP contribution in [0.3, 0.4) is 0 Å². The lowest BCUT2D eigenvalue weighted by Crippen LogP contribution is -2.17. The summed E-state index contributed by atoms with van der Waals surface area (Å²) in [6.45, 7) is 6.71. The van der Waals surface area contributed by atoms with E-state index in [1.807, 2.05) is 18.2 Å². The Morgan fingerprint density at radius 2 is 1.56 bits per heavy atom. The molecular weight excluding hydrogens is 220 g/mol. The van der Waals surface area contributed by atoms with E-state index in [9.17, 15) is 5.11 Å². The van der Waals surface area contributed by atoms with Crippen molar-refractivity contribution in [3.05, 3.63) is 29.8 Å². The number of rotatable bonds is 8. The SMILES string of the molecule is CCCCCCCCC(C)(C)c1ccccc1O. The second-order valence-corrected chi connectivity index (χ2v) is 5.92. The molecule has 0 spiro atoms. The summed E-state index contributed by atoms with van der Waals surface area (Å²) < 4.78 is 0. The van der Waals surface area contributed by atoms with Crippen LogP contribution in [0.25, 0.3) is 0 Å². The highest BCUT2D eigenvalue weighted by molar-refractivity contribution is 5.37. The lowest BCUT2D eigenvalue weighted by atomic mass is 9.79. The van der Waals surface area contributed by atoms with Crippen molar-refractivity contribution in [1.82, 2.24) is 0 Å². The van der Waals surface area contributed by atoms with Crippen LogP contribution in [0.2, 0.25) is 0 Å². The summed E-state index contributed by atoms with van der Waals surface area (Å²) in [5.41, 5.74) is 1.16. The molecule has 0 aromatic heterocycles. The summed E-state index contributed by atoms with van der Waals surface area (Å²) >= 11 is 0. The van der Waals surface area contributed by atoms with Gasteiger partial charge in [-0.25, -0.2) is 0 Å². The second kappa shape index (κ2) is 7.45. The zero-order chi connectivity index (χ0) is 13.4. The molecule has 1 aromatic rings. The lowest BCUT2D eigenvalue weighted by Gasteiger charge is -2.26. The lowest BCUT2D eigenvalue weighted by molar-refractivity contribution is 0.405. The molecule has 0 saturated heterocycles. The molecule has 0 amide bonds. The molecule has 1 N–H and O–H groups in total. The highest BCUT2D eigenvalue weighted by Gasteiger charge is 2.22. The van der Waals surface area contributed by atoms with E-state index in [4.69, 9.17) is 0 Å². The molecule has 0 unspecified atom stereocenters. The Kier molecular flexibility index (Phi) is 6.24. The van der Waals surface area contributed by atoms with Crippen LogP contribution in [0.1, 0.15) is 71.3 Å². The maximum atomic E-state index is 9.92. The number of unbranched alkanes of at least 4 members (excludes halogenated alkanes) is 5. The topological polar surface area (TPSA) is 20.2 Å². The van der Waals surface area contributed by atoms with Gasteiger partial charge in [0.1, 0.15) is 5.75 Å². The van der Waals surface area contributed by atoms with E-state index < -0.39 is 0 Å². The molecule has 102 valence electrons. The average molecular weight is 248 g/mol. The minimum atomic E-state index is 0.0795. The summed E-state index contributed by atoms with van der Waals surface area (Å²) in [6.07, 6.45) is 9.11. The van der Waals surface area contributed by atoms with Crippen LogP contribution in [-0.4, -0.2) is 5.11 Å². The highest BCUT2D eigenvalue weighted by Crippen LogP contribution is 2.34. The van der Waals surface area contributed by atoms with Crippen molar-refractivity contribution >= 4 is 0 Å². The first kappa shape index (κ1) is 15.1. The molecule has 0 bridgehead atoms. The van der Waals surface area contributed by atoms with Crippen LogP contribution in [0.15, 0.2) is 24.3 Å². The molecule has 1 heteroatoms. The van der Waals surface area contributed by atoms with Gasteiger partial charge in [0.2, 0.25) is 0 Å². The van der Waals surface area contributed by atoms with Gasteiger partial charge in [-0.05, 0) is 23.5 Å². The quantitative estimate of drug-likeness (QED) is 0.609. The maximum Gasteiger partial charge on any atom is 0.119 e. The van der Waals surface area contributed by atoms with Gasteiger partial charge in [0.05, 0.1) is 0 Å². The third kappa shape index (κ3) is 4.72. The van der Waals surface area contributed by atoms with Gasteiger partial charge < -0.3 is 5.11 Å². The van der Waals surface area contributed by atoms with E-state index in [1.54, 1.807) is 6.07 Å². The molecule has 0 aliphatic rings. The molecule has 18 heavy (non-hydrogen) atoms. The normalized spacial score (nSPS) is 11.7. The van der Waals surface area contributed by atoms with Crippen LogP contribution < -0.4 is 0 Å². The van der Waals surface area contributed by atoms with Crippen molar-refractivity contribution < 1.29 is 5.11 Å². The molecule has 0 aliphatic heterocycles. The molecule has 0 fully saturated rings. The van der Waals surface area contributed by atoms with Crippen LogP contribution in [-0.2, 0) is 5.41 Å². The third-order valence-corrected chi connectivity index (χ3v) is 3.79. The van der Waals surface area contributed by atoms with Crippen LogP contribution >= 0.6 is 0 Å². The van der Waals surface area contributed by atoms with Crippen molar-refractivity contribution in [2.75, 3.05) is 0 Å². The number of phenols is 1. The molecule has 1 aromatic carbocycles. The van der Waals surface area contributed by atoms with Gasteiger partial charge in [0.15, 0.2) is 0 Å². The summed E-state index contributed by atoms with van der Waals surface area (Å²) in [7, 11) is 0. The minimum Gasteiger partial charge on any atom is -0.508 e. The summed E-state index contributed by atoms with van der Waals surface area (Å²) in [5.74, 6) is 0.438. The predicted octanol–water partition coefficient (Wildman–Crippen LogP) is 5.42. The first-order chi connectivity index (χ1) is 8.58. The van der Waals surface area contributed by atoms with Crippen molar-refractivity contribution in [1.29, 1.82) is 0 Å². The Labute approximate surface area is 112 Å². The Morgan fingerprint density at radius 1 is 0.944 bits per heavy atom. The predicted molar refractivity (Wildman–Crippen MR) is 79.1 cm³/mol. The van der Waals surface area contributed by atoms with Crippen LogP contribution in [0.4, 0.5) is 0 Å². The van der Waals surface area contributed by atoms with Crippen molar-refractivity contribution in [2.45, 2.75) is 71.1 Å². The standard InChI is InChI=1S/C17H28O/c1-4-5-6-7-8-11-14-17(2,3)15-12-9-10-13-16(15)18/h9-10,12-13,18H,4-8,11,14H2,1-3H3. The molecule has 0 radical (unpaired) electrons. The summed E-state index contributed by atoms with van der Waals surface area (Å²) in [4.78, 5) is 0. The zero-order valence-electron chi connectivity index (χ0n) is 12.2. The first-order valence-corrected chi connectivity index (χ1v) is 7.36. The van der Waals surface area contributed by atoms with E-state index in [-0.39, 0.29) is 5.41 Å². The van der Waals surface area contributed by atoms with Crippen molar-refractivity contribution in [2.24, 2.45) is 0 Å². The molecule has 0 heterocycles. The van der Waals surface area contributed by atoms with Gasteiger partial charge in [0, 0.05) is 0 Å². The fourth-order valence-corrected chi connectivity index (χ4v) is 2.53. The number of hydrogen-bond donors (Lipinski definition) is 1. The van der Waals surface area contributed by atoms with E-state index in [2.05, 4.69) is 20.8 Å². The molecule has 1 rings (SSSR count). The molecular formula is C17H28O. The largest absolute Gasteiger partial charge is 0.508 e. The number of hydrogen-bond acceptors (Lipinski definition) is 1. The number of para-hydroxylation sites is 1. The summed E-state index contributed by atoms with van der Waals surface area (Å²) in [6, 6.07) is 7.74. The first-order valence-electron chi connectivity index (χ1n) is 7.36. The number of phenolic OH excluding ortho intramolecular Hbond substituents is 1. The summed E-state index contributed by atoms with van der Waals surface area (Å²) in [5, 5.41) is 9.92. The monoisotopic (exact) mass is 248 g/mol. The number of aromatic hydroxyl groups is 1. The zero-order valence-corrected chi connectivity index (χ0v) is 12.2. The highest BCUT2D eigenvalue weighted by atomic mass is 16.3. The fourth-order valence-electron chi connectivity index (χ4n) is 2.53. The van der Waals surface area contributed by atoms with E-state index in [1.165, 1.54) is 38.5 Å². The van der Waals surface area contributed by atoms with E-state index in [0.717, 1.165) is 12.0 Å². The Morgan fingerprint density at radius 3 is 2.22 bits per heavy atom. The van der Waals surface area contributed by atoms with Crippen molar-refractivity contribution in [3.63, 3.8) is 0 Å². The van der Waals surface area contributed by atoms with Gasteiger partial charge in [-0.2, -0.15) is 0 Å². The number of benzene rings is 1. The molecule has 0 aliphatic carbocycles. The fraction of sp³-hybridized carbons (Fsp3) is 0.647. The van der Waals surface area contributed by atoms with Gasteiger partial charge in [0.25, 0.3) is 0 Å². The Hall–Kier alpha value is -0.980. The van der Waals surface area contributed by atoms with Gasteiger partial charge in [-0.3, -0.25) is 0 Å². The average Bonchev–Trinajstić information content (AvgIpc) is 2.34. The Balaban J connectivity index is 2.38. The van der Waals surface area contributed by atoms with Crippen molar-refractivity contribution in [3.8, 4) is 5.75 Å². The molecule has 1 nitrogen and oxygen atoms in total. The van der Waals surface area contributed by atoms with E-state index >= 15 is 0 Å². The smallest absolute Gasteiger partial charge is 0.119 e. The van der Waals surface area contributed by atoms with Crippen LogP contribution in [0.5, 0.6) is 5.75 Å².